The van der Waals surface area contributed by atoms with Crippen LogP contribution in [0.4, 0.5) is 0 Å². The zero-order valence-corrected chi connectivity index (χ0v) is 11.5. The Hall–Kier alpha value is -1.20. The van der Waals surface area contributed by atoms with E-state index in [-0.39, 0.29) is 5.56 Å². The molecule has 1 aliphatic heterocycles. The van der Waals surface area contributed by atoms with Gasteiger partial charge in [-0.15, -0.1) is 0 Å². The number of rotatable bonds is 2. The Labute approximate surface area is 113 Å². The van der Waals surface area contributed by atoms with Crippen molar-refractivity contribution in [1.82, 2.24) is 14.9 Å². The fourth-order valence-corrected chi connectivity index (χ4v) is 2.76. The molecule has 0 radical (unpaired) electrons. The summed E-state index contributed by atoms with van der Waals surface area (Å²) in [5.41, 5.74) is 0.801. The fourth-order valence-electron chi connectivity index (χ4n) is 2.41. The van der Waals surface area contributed by atoms with Gasteiger partial charge in [0.1, 0.15) is 0 Å². The third kappa shape index (κ3) is 2.20. The number of hydrogen-bond acceptors (Lipinski definition) is 3. The first-order valence-corrected chi connectivity index (χ1v) is 6.89. The molecule has 94 valence electrons. The van der Waals surface area contributed by atoms with E-state index in [0.29, 0.717) is 11.3 Å². The molecule has 0 amide bonds. The van der Waals surface area contributed by atoms with Gasteiger partial charge in [-0.25, -0.2) is 4.98 Å². The SMILES string of the molecule is O=c1c2ccc(Br)cc2ncn1CC1CCNC1. The number of nitrogens with zero attached hydrogens (tertiary/aromatic N) is 2. The lowest BCUT2D eigenvalue weighted by Gasteiger charge is -2.11. The minimum absolute atomic E-state index is 0.0550. The van der Waals surface area contributed by atoms with Crippen molar-refractivity contribution in [2.24, 2.45) is 5.92 Å². The van der Waals surface area contributed by atoms with E-state index in [1.807, 2.05) is 18.2 Å². The first kappa shape index (κ1) is 11.9. The number of nitrogens with one attached hydrogen (secondary N) is 1. The molecule has 1 N–H and O–H groups in total. The second kappa shape index (κ2) is 4.82. The number of benzene rings is 1. The minimum atomic E-state index is 0.0550. The van der Waals surface area contributed by atoms with E-state index >= 15 is 0 Å². The lowest BCUT2D eigenvalue weighted by atomic mass is 10.1. The van der Waals surface area contributed by atoms with Crippen LogP contribution in [0, 0.1) is 5.92 Å². The van der Waals surface area contributed by atoms with Crippen LogP contribution in [-0.4, -0.2) is 22.6 Å². The van der Waals surface area contributed by atoms with E-state index in [1.54, 1.807) is 10.9 Å². The average Bonchev–Trinajstić information content (AvgIpc) is 2.85. The van der Waals surface area contributed by atoms with Crippen LogP contribution in [0.5, 0.6) is 0 Å². The first-order chi connectivity index (χ1) is 8.74. The molecular weight excluding hydrogens is 294 g/mol. The maximum Gasteiger partial charge on any atom is 0.261 e. The van der Waals surface area contributed by atoms with Gasteiger partial charge in [-0.2, -0.15) is 0 Å². The third-order valence-corrected chi connectivity index (χ3v) is 3.90. The van der Waals surface area contributed by atoms with Crippen molar-refractivity contribution in [2.75, 3.05) is 13.1 Å². The van der Waals surface area contributed by atoms with E-state index < -0.39 is 0 Å². The molecule has 1 aromatic carbocycles. The van der Waals surface area contributed by atoms with Crippen molar-refractivity contribution >= 4 is 26.8 Å². The van der Waals surface area contributed by atoms with Gasteiger partial charge in [0.15, 0.2) is 0 Å². The van der Waals surface area contributed by atoms with E-state index in [0.717, 1.165) is 36.0 Å². The number of hydrogen-bond donors (Lipinski definition) is 1. The Kier molecular flexibility index (Phi) is 3.18. The van der Waals surface area contributed by atoms with Crippen LogP contribution in [0.15, 0.2) is 33.8 Å². The van der Waals surface area contributed by atoms with Crippen LogP contribution in [0.3, 0.4) is 0 Å². The van der Waals surface area contributed by atoms with Crippen LogP contribution in [-0.2, 0) is 6.54 Å². The normalized spacial score (nSPS) is 19.5. The van der Waals surface area contributed by atoms with E-state index in [4.69, 9.17) is 0 Å². The maximum absolute atomic E-state index is 12.3. The van der Waals surface area contributed by atoms with Gasteiger partial charge >= 0.3 is 0 Å². The summed E-state index contributed by atoms with van der Waals surface area (Å²) in [6.45, 7) is 2.79. The van der Waals surface area contributed by atoms with Crippen molar-refractivity contribution in [1.29, 1.82) is 0 Å². The van der Waals surface area contributed by atoms with Gasteiger partial charge < -0.3 is 5.32 Å². The van der Waals surface area contributed by atoms with E-state index in [1.165, 1.54) is 0 Å². The molecule has 1 atom stereocenters. The summed E-state index contributed by atoms with van der Waals surface area (Å²) < 4.78 is 2.67. The molecule has 2 heterocycles. The van der Waals surface area contributed by atoms with Crippen LogP contribution < -0.4 is 10.9 Å². The second-order valence-corrected chi connectivity index (χ2v) is 5.64. The van der Waals surface area contributed by atoms with Crippen LogP contribution in [0.2, 0.25) is 0 Å². The average molecular weight is 308 g/mol. The van der Waals surface area contributed by atoms with Gasteiger partial charge in [0.05, 0.1) is 17.2 Å². The molecule has 2 aromatic rings. The predicted molar refractivity (Wildman–Crippen MR) is 74.7 cm³/mol. The first-order valence-electron chi connectivity index (χ1n) is 6.09. The van der Waals surface area contributed by atoms with Crippen molar-refractivity contribution < 1.29 is 0 Å². The zero-order chi connectivity index (χ0) is 12.5. The van der Waals surface area contributed by atoms with Crippen LogP contribution in [0.25, 0.3) is 10.9 Å². The van der Waals surface area contributed by atoms with Crippen LogP contribution in [0.1, 0.15) is 6.42 Å². The van der Waals surface area contributed by atoms with Gasteiger partial charge in [-0.05, 0) is 43.6 Å². The summed E-state index contributed by atoms with van der Waals surface area (Å²) in [5.74, 6) is 0.539. The molecule has 0 aliphatic carbocycles. The van der Waals surface area contributed by atoms with E-state index in [9.17, 15) is 4.79 Å². The molecule has 5 heteroatoms. The van der Waals surface area contributed by atoms with Crippen molar-refractivity contribution in [3.8, 4) is 0 Å². The Morgan fingerprint density at radius 3 is 3.17 bits per heavy atom. The lowest BCUT2D eigenvalue weighted by molar-refractivity contribution is 0.470. The standard InChI is InChI=1S/C13H14BrN3O/c14-10-1-2-11-12(5-10)16-8-17(13(11)18)7-9-3-4-15-6-9/h1-2,5,8-9,15H,3-4,6-7H2. The zero-order valence-electron chi connectivity index (χ0n) is 9.90. The Balaban J connectivity index is 2.00. The van der Waals surface area contributed by atoms with Gasteiger partial charge in [0.25, 0.3) is 5.56 Å². The molecule has 4 nitrogen and oxygen atoms in total. The molecule has 1 fully saturated rings. The minimum Gasteiger partial charge on any atom is -0.316 e. The topological polar surface area (TPSA) is 46.9 Å². The summed E-state index contributed by atoms with van der Waals surface area (Å²) in [6, 6.07) is 5.59. The molecule has 0 saturated carbocycles. The molecule has 1 aliphatic rings. The van der Waals surface area contributed by atoms with Crippen molar-refractivity contribution in [3.63, 3.8) is 0 Å². The van der Waals surface area contributed by atoms with Gasteiger partial charge in [0.2, 0.25) is 0 Å². The van der Waals surface area contributed by atoms with Gasteiger partial charge in [-0.1, -0.05) is 15.9 Å². The number of fused-ring (bicyclic) bond motifs is 1. The largest absolute Gasteiger partial charge is 0.316 e. The van der Waals surface area contributed by atoms with Crippen molar-refractivity contribution in [2.45, 2.75) is 13.0 Å². The highest BCUT2D eigenvalue weighted by atomic mass is 79.9. The lowest BCUT2D eigenvalue weighted by Crippen LogP contribution is -2.25. The van der Waals surface area contributed by atoms with Crippen LogP contribution >= 0.6 is 15.9 Å². The van der Waals surface area contributed by atoms with Crippen molar-refractivity contribution in [3.05, 3.63) is 39.4 Å². The van der Waals surface area contributed by atoms with E-state index in [2.05, 4.69) is 26.2 Å². The number of halogens is 1. The summed E-state index contributed by atoms with van der Waals surface area (Å²) in [7, 11) is 0. The molecule has 18 heavy (non-hydrogen) atoms. The smallest absolute Gasteiger partial charge is 0.261 e. The highest BCUT2D eigenvalue weighted by molar-refractivity contribution is 9.10. The molecule has 0 spiro atoms. The molecular formula is C13H14BrN3O. The Bertz CT molecular complexity index is 632. The monoisotopic (exact) mass is 307 g/mol. The molecule has 1 unspecified atom stereocenters. The predicted octanol–water partition coefficient (Wildman–Crippen LogP) is 1.77. The molecule has 1 saturated heterocycles. The highest BCUT2D eigenvalue weighted by Crippen LogP contribution is 2.15. The Morgan fingerprint density at radius 1 is 1.50 bits per heavy atom. The molecule has 3 rings (SSSR count). The molecule has 1 aromatic heterocycles. The Morgan fingerprint density at radius 2 is 2.39 bits per heavy atom. The summed E-state index contributed by atoms with van der Waals surface area (Å²) in [5, 5.41) is 4.00. The number of aromatic nitrogens is 2. The summed E-state index contributed by atoms with van der Waals surface area (Å²) in [6.07, 6.45) is 2.79. The van der Waals surface area contributed by atoms with Gasteiger partial charge in [0, 0.05) is 11.0 Å². The second-order valence-electron chi connectivity index (χ2n) is 4.72. The molecule has 0 bridgehead atoms. The summed E-state index contributed by atoms with van der Waals surface area (Å²) >= 11 is 3.39. The quantitative estimate of drug-likeness (QED) is 0.920. The van der Waals surface area contributed by atoms with Gasteiger partial charge in [-0.3, -0.25) is 9.36 Å². The fraction of sp³-hybridized carbons (Fsp3) is 0.385. The third-order valence-electron chi connectivity index (χ3n) is 3.40. The maximum atomic E-state index is 12.3. The summed E-state index contributed by atoms with van der Waals surface area (Å²) in [4.78, 5) is 16.7. The highest BCUT2D eigenvalue weighted by Gasteiger charge is 2.16.